The number of alkyl halides is 3. The molecule has 0 radical (unpaired) electrons. The Morgan fingerprint density at radius 2 is 2.03 bits per heavy atom. The summed E-state index contributed by atoms with van der Waals surface area (Å²) in [5, 5.41) is 2.92. The first-order valence-electron chi connectivity index (χ1n) is 12.4. The third kappa shape index (κ3) is 5.57. The predicted molar refractivity (Wildman–Crippen MR) is 137 cm³/mol. The monoisotopic (exact) mass is 563 g/mol. The van der Waals surface area contributed by atoms with E-state index in [1.165, 1.54) is 12.1 Å². The molecule has 1 atom stereocenters. The molecular weight excluding hydrogens is 539 g/mol. The SMILES string of the molecule is C=CC(=O)N1CCCCC(n2c(NC(=O)c3ccnc(C(F)(F)F)c3)nc3ccc(OC4COC4)c(Cl)c32)C1. The average molecular weight is 564 g/mol. The van der Waals surface area contributed by atoms with Crippen molar-refractivity contribution in [2.45, 2.75) is 37.6 Å². The highest BCUT2D eigenvalue weighted by Crippen LogP contribution is 2.39. The number of imidazole rings is 1. The first-order valence-corrected chi connectivity index (χ1v) is 12.7. The van der Waals surface area contributed by atoms with E-state index < -0.39 is 17.8 Å². The lowest BCUT2D eigenvalue weighted by atomic mass is 10.1. The van der Waals surface area contributed by atoms with Crippen LogP contribution in [0.3, 0.4) is 0 Å². The standard InChI is InChI=1S/C26H25ClF3N5O4/c1-2-21(36)34-10-4-3-5-16(12-34)35-23-18(6-7-19(22(23)27)39-17-13-38-14-17)32-25(35)33-24(37)15-8-9-31-20(11-15)26(28,29)30/h2,6-9,11,16-17H,1,3-5,10,12-14H2,(H,32,33,37). The molecule has 0 spiro atoms. The minimum Gasteiger partial charge on any atom is -0.484 e. The Balaban J connectivity index is 1.57. The second-order valence-electron chi connectivity index (χ2n) is 9.35. The number of nitrogens with zero attached hydrogens (tertiary/aromatic N) is 4. The molecule has 0 bridgehead atoms. The van der Waals surface area contributed by atoms with E-state index in [0.717, 1.165) is 19.0 Å². The Morgan fingerprint density at radius 3 is 2.72 bits per heavy atom. The van der Waals surface area contributed by atoms with Crippen molar-refractivity contribution in [2.24, 2.45) is 0 Å². The highest BCUT2D eigenvalue weighted by molar-refractivity contribution is 6.36. The third-order valence-corrected chi connectivity index (χ3v) is 7.06. The number of aromatic nitrogens is 3. The van der Waals surface area contributed by atoms with E-state index in [2.05, 4.69) is 21.9 Å². The number of hydrogen-bond donors (Lipinski definition) is 1. The van der Waals surface area contributed by atoms with Gasteiger partial charge in [-0.2, -0.15) is 13.2 Å². The van der Waals surface area contributed by atoms with Gasteiger partial charge in [0.25, 0.3) is 5.91 Å². The van der Waals surface area contributed by atoms with Gasteiger partial charge in [-0.3, -0.25) is 19.9 Å². The van der Waals surface area contributed by atoms with Gasteiger partial charge in [0.05, 0.1) is 30.3 Å². The second kappa shape index (κ2) is 10.9. The summed E-state index contributed by atoms with van der Waals surface area (Å²) in [4.78, 5) is 35.2. The minimum atomic E-state index is -4.71. The molecule has 2 amide bonds. The zero-order valence-corrected chi connectivity index (χ0v) is 21.5. The minimum absolute atomic E-state index is 0.0873. The van der Waals surface area contributed by atoms with Crippen LogP contribution < -0.4 is 10.1 Å². The van der Waals surface area contributed by atoms with Gasteiger partial charge in [-0.25, -0.2) is 4.98 Å². The molecule has 2 fully saturated rings. The number of fused-ring (bicyclic) bond motifs is 1. The molecule has 2 aromatic heterocycles. The molecule has 3 aromatic rings. The molecule has 2 aliphatic rings. The Hall–Kier alpha value is -3.64. The largest absolute Gasteiger partial charge is 0.484 e. The number of benzene rings is 1. The van der Waals surface area contributed by atoms with Crippen LogP contribution in [-0.2, 0) is 15.7 Å². The molecule has 13 heteroatoms. The van der Waals surface area contributed by atoms with Crippen LogP contribution in [0, 0.1) is 0 Å². The Morgan fingerprint density at radius 1 is 1.23 bits per heavy atom. The molecule has 2 saturated heterocycles. The van der Waals surface area contributed by atoms with Gasteiger partial charge in [-0.1, -0.05) is 18.2 Å². The van der Waals surface area contributed by atoms with Crippen molar-refractivity contribution in [1.29, 1.82) is 0 Å². The fraction of sp³-hybridized carbons (Fsp3) is 0.385. The highest BCUT2D eigenvalue weighted by Gasteiger charge is 2.33. The number of ether oxygens (including phenoxy) is 2. The first kappa shape index (κ1) is 26.9. The van der Waals surface area contributed by atoms with Crippen LogP contribution in [0.15, 0.2) is 43.1 Å². The summed E-state index contributed by atoms with van der Waals surface area (Å²) in [6, 6.07) is 4.88. The highest BCUT2D eigenvalue weighted by atomic mass is 35.5. The van der Waals surface area contributed by atoms with Crippen LogP contribution in [0.5, 0.6) is 5.75 Å². The van der Waals surface area contributed by atoms with E-state index in [0.29, 0.717) is 55.6 Å². The van der Waals surface area contributed by atoms with Crippen molar-refractivity contribution in [2.75, 3.05) is 31.6 Å². The van der Waals surface area contributed by atoms with Crippen molar-refractivity contribution < 1.29 is 32.2 Å². The lowest BCUT2D eigenvalue weighted by Gasteiger charge is -2.28. The summed E-state index contributed by atoms with van der Waals surface area (Å²) in [6.45, 7) is 5.29. The molecule has 0 saturated carbocycles. The fourth-order valence-corrected chi connectivity index (χ4v) is 4.98. The number of rotatable bonds is 6. The van der Waals surface area contributed by atoms with Crippen LogP contribution in [0.2, 0.25) is 5.02 Å². The van der Waals surface area contributed by atoms with Gasteiger partial charge in [-0.15, -0.1) is 0 Å². The van der Waals surface area contributed by atoms with Crippen LogP contribution in [-0.4, -0.2) is 63.7 Å². The molecular formula is C26H25ClF3N5O4. The van der Waals surface area contributed by atoms with Crippen molar-refractivity contribution >= 4 is 40.4 Å². The van der Waals surface area contributed by atoms with Gasteiger partial charge in [0.15, 0.2) is 0 Å². The number of carbonyl (C=O) groups is 2. The van der Waals surface area contributed by atoms with Gasteiger partial charge in [0, 0.05) is 24.8 Å². The number of pyridine rings is 1. The molecule has 206 valence electrons. The molecule has 1 unspecified atom stereocenters. The van der Waals surface area contributed by atoms with Gasteiger partial charge < -0.3 is 18.9 Å². The van der Waals surface area contributed by atoms with E-state index in [9.17, 15) is 22.8 Å². The second-order valence-corrected chi connectivity index (χ2v) is 9.73. The van der Waals surface area contributed by atoms with E-state index in [-0.39, 0.29) is 34.6 Å². The summed E-state index contributed by atoms with van der Waals surface area (Å²) in [5.74, 6) is -0.530. The maximum absolute atomic E-state index is 13.2. The summed E-state index contributed by atoms with van der Waals surface area (Å²) >= 11 is 6.83. The lowest BCUT2D eigenvalue weighted by molar-refractivity contribution is -0.141. The number of halogens is 4. The number of amides is 2. The molecule has 1 aromatic carbocycles. The van der Waals surface area contributed by atoms with E-state index >= 15 is 0 Å². The van der Waals surface area contributed by atoms with Gasteiger partial charge in [0.1, 0.15) is 22.6 Å². The van der Waals surface area contributed by atoms with Gasteiger partial charge >= 0.3 is 6.18 Å². The molecule has 5 rings (SSSR count). The van der Waals surface area contributed by atoms with E-state index in [1.54, 1.807) is 21.6 Å². The Bertz CT molecular complexity index is 1420. The zero-order valence-electron chi connectivity index (χ0n) is 20.7. The van der Waals surface area contributed by atoms with E-state index in [1.807, 2.05) is 0 Å². The summed E-state index contributed by atoms with van der Waals surface area (Å²) < 4.78 is 52.5. The molecule has 2 aliphatic heterocycles. The first-order chi connectivity index (χ1) is 18.7. The summed E-state index contributed by atoms with van der Waals surface area (Å²) in [6.07, 6.45) is -0.491. The number of carbonyl (C=O) groups excluding carboxylic acids is 2. The average Bonchev–Trinajstić information content (AvgIpc) is 3.07. The van der Waals surface area contributed by atoms with Crippen molar-refractivity contribution in [3.05, 3.63) is 59.4 Å². The summed E-state index contributed by atoms with van der Waals surface area (Å²) in [5.41, 5.74) is -0.492. The van der Waals surface area contributed by atoms with Gasteiger partial charge in [0.2, 0.25) is 11.9 Å². The fourth-order valence-electron chi connectivity index (χ4n) is 4.69. The maximum Gasteiger partial charge on any atom is 0.433 e. The quantitative estimate of drug-likeness (QED) is 0.430. The third-order valence-electron chi connectivity index (χ3n) is 6.69. The number of nitrogens with one attached hydrogen (secondary N) is 1. The molecule has 1 N–H and O–H groups in total. The Kier molecular flexibility index (Phi) is 7.50. The van der Waals surface area contributed by atoms with Crippen LogP contribution >= 0.6 is 11.6 Å². The summed E-state index contributed by atoms with van der Waals surface area (Å²) in [7, 11) is 0. The molecule has 9 nitrogen and oxygen atoms in total. The van der Waals surface area contributed by atoms with Crippen LogP contribution in [0.25, 0.3) is 11.0 Å². The zero-order chi connectivity index (χ0) is 27.7. The van der Waals surface area contributed by atoms with Crippen molar-refractivity contribution in [1.82, 2.24) is 19.4 Å². The van der Waals surface area contributed by atoms with Crippen LogP contribution in [0.4, 0.5) is 19.1 Å². The number of hydrogen-bond acceptors (Lipinski definition) is 6. The number of likely N-dealkylation sites (tertiary alicyclic amines) is 1. The van der Waals surface area contributed by atoms with Crippen molar-refractivity contribution in [3.8, 4) is 5.75 Å². The topological polar surface area (TPSA) is 98.6 Å². The lowest BCUT2D eigenvalue weighted by Crippen LogP contribution is -2.38. The smallest absolute Gasteiger partial charge is 0.433 e. The Labute approximate surface area is 226 Å². The normalized spacial score (nSPS) is 18.4. The van der Waals surface area contributed by atoms with E-state index in [4.69, 9.17) is 21.1 Å². The molecule has 0 aliphatic carbocycles. The van der Waals surface area contributed by atoms with Crippen LogP contribution in [0.1, 0.15) is 41.4 Å². The number of anilines is 1. The molecule has 4 heterocycles. The van der Waals surface area contributed by atoms with Gasteiger partial charge in [-0.05, 0) is 49.6 Å². The predicted octanol–water partition coefficient (Wildman–Crippen LogP) is 4.87. The van der Waals surface area contributed by atoms with Crippen molar-refractivity contribution in [3.63, 3.8) is 0 Å². The maximum atomic E-state index is 13.2. The molecule has 39 heavy (non-hydrogen) atoms.